The number of hydrogen-bond donors (Lipinski definition) is 2. The molecule has 2 aromatic carbocycles. The number of hydrogen-bond acceptors (Lipinski definition) is 3. The number of nitrogens with zero attached hydrogens (tertiary/aromatic N) is 2. The average molecular weight is 458 g/mol. The van der Waals surface area contributed by atoms with Crippen molar-refractivity contribution >= 4 is 17.6 Å². The number of aryl methyl sites for hydroxylation is 1. The Morgan fingerprint density at radius 3 is 2.52 bits per heavy atom. The summed E-state index contributed by atoms with van der Waals surface area (Å²) in [6.45, 7) is 1.92. The number of fused-ring (bicyclic) bond motifs is 1. The van der Waals surface area contributed by atoms with Crippen LogP contribution in [-0.4, -0.2) is 31.1 Å². The molecule has 1 saturated heterocycles. The monoisotopic (exact) mass is 458 g/mol. The number of amides is 3. The molecule has 3 amide bonds. The molecule has 1 heterocycles. The Morgan fingerprint density at radius 2 is 1.88 bits per heavy atom. The lowest BCUT2D eigenvalue weighted by Gasteiger charge is -2.30. The summed E-state index contributed by atoms with van der Waals surface area (Å²) in [7, 11) is 1.63. The third-order valence-corrected chi connectivity index (χ3v) is 5.91. The fourth-order valence-corrected chi connectivity index (χ4v) is 4.25. The number of nitrogens with one attached hydrogen (secondary N) is 2. The number of benzene rings is 2. The second-order valence-electron chi connectivity index (χ2n) is 8.01. The van der Waals surface area contributed by atoms with E-state index < -0.39 is 17.3 Å². The number of halogens is 3. The highest BCUT2D eigenvalue weighted by molar-refractivity contribution is 5.96. The van der Waals surface area contributed by atoms with Gasteiger partial charge in [-0.3, -0.25) is 9.69 Å². The van der Waals surface area contributed by atoms with Gasteiger partial charge in [-0.2, -0.15) is 18.4 Å². The van der Waals surface area contributed by atoms with Crippen LogP contribution in [0.25, 0.3) is 0 Å². The fourth-order valence-electron chi connectivity index (χ4n) is 4.25. The molecule has 2 unspecified atom stereocenters. The minimum absolute atomic E-state index is 0.00812. The van der Waals surface area contributed by atoms with E-state index in [9.17, 15) is 22.8 Å². The summed E-state index contributed by atoms with van der Waals surface area (Å²) >= 11 is 0. The van der Waals surface area contributed by atoms with Crippen molar-refractivity contribution in [3.8, 4) is 6.07 Å². The van der Waals surface area contributed by atoms with Crippen LogP contribution in [-0.2, 0) is 6.18 Å². The molecule has 174 valence electrons. The maximum absolute atomic E-state index is 13.1. The van der Waals surface area contributed by atoms with E-state index in [-0.39, 0.29) is 29.7 Å². The Kier molecular flexibility index (Phi) is 7.26. The standard InChI is InChI=1S/C15H14F3N3O.C9H11NO/c16-15(17,18)11-7-10(6-5-9(11)8-19)21-13-4-2-1-3-12(13)20-14(21)22;1-7-5-3-4-6-8(7)9(11)10-2/h5-7,12-13H,1-4H2,(H,20,22);3-6H,1-2H3,(H,10,11). The van der Waals surface area contributed by atoms with Crippen LogP contribution in [0.5, 0.6) is 0 Å². The molecular formula is C24H25F3N4O2. The molecule has 2 aromatic rings. The Bertz CT molecular complexity index is 1080. The second kappa shape index (κ2) is 9.94. The van der Waals surface area contributed by atoms with Crippen molar-refractivity contribution in [3.63, 3.8) is 0 Å². The van der Waals surface area contributed by atoms with Gasteiger partial charge in [-0.25, -0.2) is 4.79 Å². The van der Waals surface area contributed by atoms with Crippen molar-refractivity contribution in [2.45, 2.75) is 50.9 Å². The van der Waals surface area contributed by atoms with Crippen LogP contribution in [0, 0.1) is 18.3 Å². The van der Waals surface area contributed by atoms with Gasteiger partial charge in [0.25, 0.3) is 5.91 Å². The zero-order chi connectivity index (χ0) is 24.2. The first-order valence-corrected chi connectivity index (χ1v) is 10.7. The number of nitriles is 1. The summed E-state index contributed by atoms with van der Waals surface area (Å²) < 4.78 is 39.2. The van der Waals surface area contributed by atoms with Gasteiger partial charge in [0.2, 0.25) is 0 Å². The minimum atomic E-state index is -4.62. The van der Waals surface area contributed by atoms with Crippen molar-refractivity contribution in [1.82, 2.24) is 10.6 Å². The molecule has 1 aliphatic carbocycles. The van der Waals surface area contributed by atoms with Gasteiger partial charge in [0.15, 0.2) is 0 Å². The molecule has 2 atom stereocenters. The molecule has 4 rings (SSSR count). The van der Waals surface area contributed by atoms with Gasteiger partial charge in [-0.15, -0.1) is 0 Å². The van der Waals surface area contributed by atoms with Gasteiger partial charge in [-0.1, -0.05) is 31.0 Å². The molecule has 0 radical (unpaired) electrons. The van der Waals surface area contributed by atoms with Gasteiger partial charge < -0.3 is 10.6 Å². The SMILES string of the molecule is CNC(=O)c1ccccc1C.N#Cc1ccc(N2C(=O)NC3CCCCC32)cc1C(F)(F)F. The molecular weight excluding hydrogens is 433 g/mol. The molecule has 0 spiro atoms. The highest BCUT2D eigenvalue weighted by Gasteiger charge is 2.42. The van der Waals surface area contributed by atoms with Gasteiger partial charge in [0, 0.05) is 18.3 Å². The lowest BCUT2D eigenvalue weighted by Crippen LogP contribution is -2.39. The van der Waals surface area contributed by atoms with Crippen molar-refractivity contribution in [3.05, 3.63) is 64.7 Å². The molecule has 6 nitrogen and oxygen atoms in total. The number of alkyl halides is 3. The number of rotatable bonds is 2. The lowest BCUT2D eigenvalue weighted by molar-refractivity contribution is -0.137. The maximum atomic E-state index is 13.1. The van der Waals surface area contributed by atoms with E-state index in [0.717, 1.165) is 48.9 Å². The second-order valence-corrected chi connectivity index (χ2v) is 8.01. The van der Waals surface area contributed by atoms with Gasteiger partial charge in [0.1, 0.15) is 0 Å². The van der Waals surface area contributed by atoms with E-state index in [1.165, 1.54) is 11.0 Å². The Hall–Kier alpha value is -3.54. The quantitative estimate of drug-likeness (QED) is 0.680. The van der Waals surface area contributed by atoms with Crippen molar-refractivity contribution in [2.24, 2.45) is 0 Å². The van der Waals surface area contributed by atoms with Gasteiger partial charge in [-0.05, 0) is 49.6 Å². The Balaban J connectivity index is 0.000000235. The molecule has 2 N–H and O–H groups in total. The molecule has 9 heteroatoms. The van der Waals surface area contributed by atoms with E-state index in [1.807, 2.05) is 31.2 Å². The number of urea groups is 1. The normalized spacial score (nSPS) is 19.5. The maximum Gasteiger partial charge on any atom is 0.417 e. The van der Waals surface area contributed by atoms with Gasteiger partial charge in [0.05, 0.1) is 29.3 Å². The van der Waals surface area contributed by atoms with E-state index in [1.54, 1.807) is 13.1 Å². The lowest BCUT2D eigenvalue weighted by atomic mass is 9.90. The molecule has 0 bridgehead atoms. The van der Waals surface area contributed by atoms with Crippen LogP contribution in [0.15, 0.2) is 42.5 Å². The first-order chi connectivity index (χ1) is 15.7. The average Bonchev–Trinajstić information content (AvgIpc) is 3.14. The summed E-state index contributed by atoms with van der Waals surface area (Å²) in [5, 5.41) is 14.2. The first kappa shape index (κ1) is 24.1. The van der Waals surface area contributed by atoms with E-state index in [4.69, 9.17) is 5.26 Å². The highest BCUT2D eigenvalue weighted by Crippen LogP contribution is 2.37. The van der Waals surface area contributed by atoms with Crippen molar-refractivity contribution in [2.75, 3.05) is 11.9 Å². The first-order valence-electron chi connectivity index (χ1n) is 10.7. The summed E-state index contributed by atoms with van der Waals surface area (Å²) in [5.74, 6) is -0.0249. The molecule has 0 aromatic heterocycles. The predicted octanol–water partition coefficient (Wildman–Crippen LogP) is 4.77. The molecule has 2 fully saturated rings. The van der Waals surface area contributed by atoms with Gasteiger partial charge >= 0.3 is 12.2 Å². The molecule has 1 aliphatic heterocycles. The van der Waals surface area contributed by atoms with Crippen LogP contribution in [0.1, 0.15) is 52.7 Å². The molecule has 33 heavy (non-hydrogen) atoms. The van der Waals surface area contributed by atoms with Crippen LogP contribution in [0.3, 0.4) is 0 Å². The van der Waals surface area contributed by atoms with Crippen LogP contribution in [0.4, 0.5) is 23.7 Å². The zero-order valence-corrected chi connectivity index (χ0v) is 18.4. The summed E-state index contributed by atoms with van der Waals surface area (Å²) in [4.78, 5) is 24.7. The Morgan fingerprint density at radius 1 is 1.18 bits per heavy atom. The van der Waals surface area contributed by atoms with Crippen LogP contribution < -0.4 is 15.5 Å². The van der Waals surface area contributed by atoms with E-state index in [2.05, 4.69) is 10.6 Å². The Labute approximate surface area is 190 Å². The summed E-state index contributed by atoms with van der Waals surface area (Å²) in [6.07, 6.45) is -1.05. The predicted molar refractivity (Wildman–Crippen MR) is 118 cm³/mol. The fraction of sp³-hybridized carbons (Fsp3) is 0.375. The highest BCUT2D eigenvalue weighted by atomic mass is 19.4. The third kappa shape index (κ3) is 5.28. The molecule has 2 aliphatic rings. The number of anilines is 1. The summed E-state index contributed by atoms with van der Waals surface area (Å²) in [6, 6.07) is 12.0. The van der Waals surface area contributed by atoms with E-state index >= 15 is 0 Å². The smallest absolute Gasteiger partial charge is 0.355 e. The third-order valence-electron chi connectivity index (χ3n) is 5.91. The minimum Gasteiger partial charge on any atom is -0.355 e. The number of carbonyl (C=O) groups is 2. The van der Waals surface area contributed by atoms with E-state index in [0.29, 0.717) is 0 Å². The van der Waals surface area contributed by atoms with Crippen LogP contribution >= 0.6 is 0 Å². The topological polar surface area (TPSA) is 85.2 Å². The number of carbonyl (C=O) groups excluding carboxylic acids is 2. The largest absolute Gasteiger partial charge is 0.417 e. The van der Waals surface area contributed by atoms with Crippen molar-refractivity contribution < 1.29 is 22.8 Å². The van der Waals surface area contributed by atoms with Crippen LogP contribution in [0.2, 0.25) is 0 Å². The zero-order valence-electron chi connectivity index (χ0n) is 18.4. The summed E-state index contributed by atoms with van der Waals surface area (Å²) in [5.41, 5.74) is 0.510. The van der Waals surface area contributed by atoms with Crippen molar-refractivity contribution in [1.29, 1.82) is 5.26 Å². The molecule has 1 saturated carbocycles.